The maximum absolute atomic E-state index is 12.5. The first-order chi connectivity index (χ1) is 6.27. The van der Waals surface area contributed by atoms with Crippen LogP contribution in [-0.2, 0) is 0 Å². The molecule has 0 unspecified atom stereocenters. The smallest absolute Gasteiger partial charge is 0.212 e. The fourth-order valence-corrected chi connectivity index (χ4v) is 1.18. The van der Waals surface area contributed by atoms with E-state index in [1.165, 1.54) is 12.3 Å². The molecule has 0 saturated heterocycles. The Kier molecular flexibility index (Phi) is 1.81. The predicted molar refractivity (Wildman–Crippen MR) is 46.5 cm³/mol. The summed E-state index contributed by atoms with van der Waals surface area (Å²) in [7, 11) is 0. The maximum atomic E-state index is 12.5. The Labute approximate surface area is 74.6 Å². The van der Waals surface area contributed by atoms with Crippen LogP contribution < -0.4 is 0 Å². The normalized spacial score (nSPS) is 10.3. The Hall–Kier alpha value is -1.71. The second-order valence-corrected chi connectivity index (χ2v) is 2.78. The molecular formula is C9H8FN3. The van der Waals surface area contributed by atoms with Crippen LogP contribution in [0.1, 0.15) is 5.69 Å². The van der Waals surface area contributed by atoms with Crippen molar-refractivity contribution in [2.75, 3.05) is 0 Å². The average Bonchev–Trinajstić information content (AvgIpc) is 2.53. The zero-order valence-corrected chi connectivity index (χ0v) is 7.08. The van der Waals surface area contributed by atoms with Gasteiger partial charge in [-0.15, -0.1) is 0 Å². The van der Waals surface area contributed by atoms with Crippen LogP contribution in [0.5, 0.6) is 0 Å². The molecule has 2 rings (SSSR count). The van der Waals surface area contributed by atoms with Crippen LogP contribution in [0.4, 0.5) is 4.39 Å². The van der Waals surface area contributed by atoms with Crippen molar-refractivity contribution in [1.82, 2.24) is 15.2 Å². The summed E-state index contributed by atoms with van der Waals surface area (Å²) in [6, 6.07) is 3.02. The first-order valence-corrected chi connectivity index (χ1v) is 3.89. The van der Waals surface area contributed by atoms with Crippen LogP contribution in [0.2, 0.25) is 0 Å². The molecule has 3 nitrogen and oxygen atoms in total. The molecule has 0 aromatic carbocycles. The van der Waals surface area contributed by atoms with Gasteiger partial charge in [0.15, 0.2) is 0 Å². The molecule has 2 aromatic heterocycles. The van der Waals surface area contributed by atoms with Crippen molar-refractivity contribution >= 4 is 0 Å². The van der Waals surface area contributed by atoms with Crippen LogP contribution in [0.25, 0.3) is 11.1 Å². The largest absolute Gasteiger partial charge is 0.282 e. The second kappa shape index (κ2) is 2.97. The molecule has 0 radical (unpaired) electrons. The van der Waals surface area contributed by atoms with Gasteiger partial charge in [-0.25, -0.2) is 4.98 Å². The van der Waals surface area contributed by atoms with Crippen molar-refractivity contribution in [2.24, 2.45) is 0 Å². The van der Waals surface area contributed by atoms with E-state index in [9.17, 15) is 4.39 Å². The van der Waals surface area contributed by atoms with Gasteiger partial charge in [-0.05, 0) is 19.1 Å². The lowest BCUT2D eigenvalue weighted by molar-refractivity contribution is 0.584. The van der Waals surface area contributed by atoms with Crippen molar-refractivity contribution in [1.29, 1.82) is 0 Å². The number of nitrogens with zero attached hydrogens (tertiary/aromatic N) is 2. The molecule has 66 valence electrons. The van der Waals surface area contributed by atoms with E-state index >= 15 is 0 Å². The third-order valence-corrected chi connectivity index (χ3v) is 1.87. The quantitative estimate of drug-likeness (QED) is 0.676. The van der Waals surface area contributed by atoms with Crippen molar-refractivity contribution in [3.8, 4) is 11.1 Å². The molecule has 0 aliphatic carbocycles. The Morgan fingerprint density at radius 3 is 2.69 bits per heavy atom. The molecule has 0 spiro atoms. The minimum Gasteiger partial charge on any atom is -0.282 e. The molecule has 0 saturated carbocycles. The number of pyridine rings is 1. The molecule has 13 heavy (non-hydrogen) atoms. The highest BCUT2D eigenvalue weighted by Gasteiger charge is 2.03. The number of H-pyrrole nitrogens is 1. The number of nitrogens with one attached hydrogen (secondary N) is 1. The predicted octanol–water partition coefficient (Wildman–Crippen LogP) is 1.92. The number of rotatable bonds is 1. The molecule has 2 aromatic rings. The molecular weight excluding hydrogens is 169 g/mol. The first-order valence-electron chi connectivity index (χ1n) is 3.89. The molecule has 0 bridgehead atoms. The fraction of sp³-hybridized carbons (Fsp3) is 0.111. The van der Waals surface area contributed by atoms with Crippen molar-refractivity contribution in [3.05, 3.63) is 36.2 Å². The Morgan fingerprint density at radius 1 is 1.31 bits per heavy atom. The van der Waals surface area contributed by atoms with Gasteiger partial charge in [-0.3, -0.25) is 5.10 Å². The van der Waals surface area contributed by atoms with E-state index in [2.05, 4.69) is 15.2 Å². The third kappa shape index (κ3) is 1.42. The molecule has 0 amide bonds. The minimum absolute atomic E-state index is 0.468. The van der Waals surface area contributed by atoms with Crippen LogP contribution >= 0.6 is 0 Å². The van der Waals surface area contributed by atoms with E-state index in [1.807, 2.05) is 6.92 Å². The summed E-state index contributed by atoms with van der Waals surface area (Å²) in [6.45, 7) is 1.91. The van der Waals surface area contributed by atoms with E-state index in [1.54, 1.807) is 12.3 Å². The highest BCUT2D eigenvalue weighted by molar-refractivity contribution is 5.63. The lowest BCUT2D eigenvalue weighted by atomic mass is 10.1. The van der Waals surface area contributed by atoms with E-state index in [0.29, 0.717) is 0 Å². The second-order valence-electron chi connectivity index (χ2n) is 2.78. The summed E-state index contributed by atoms with van der Waals surface area (Å²) in [5.41, 5.74) is 2.77. The Balaban J connectivity index is 2.47. The standard InChI is InChI=1S/C9H8FN3/c1-6-8(5-12-13-6)7-2-3-9(10)11-4-7/h2-5H,1H3,(H,12,13). The average molecular weight is 177 g/mol. The third-order valence-electron chi connectivity index (χ3n) is 1.87. The lowest BCUT2D eigenvalue weighted by Gasteiger charge is -1.97. The van der Waals surface area contributed by atoms with Gasteiger partial charge < -0.3 is 0 Å². The van der Waals surface area contributed by atoms with Gasteiger partial charge in [0, 0.05) is 23.0 Å². The summed E-state index contributed by atoms with van der Waals surface area (Å²) < 4.78 is 12.5. The maximum Gasteiger partial charge on any atom is 0.212 e. The van der Waals surface area contributed by atoms with E-state index in [0.717, 1.165) is 16.8 Å². The fourth-order valence-electron chi connectivity index (χ4n) is 1.18. The molecule has 0 aliphatic rings. The van der Waals surface area contributed by atoms with E-state index < -0.39 is 5.95 Å². The van der Waals surface area contributed by atoms with Crippen molar-refractivity contribution in [3.63, 3.8) is 0 Å². The van der Waals surface area contributed by atoms with Crippen LogP contribution in [0.3, 0.4) is 0 Å². The highest BCUT2D eigenvalue weighted by Crippen LogP contribution is 2.19. The van der Waals surface area contributed by atoms with Crippen LogP contribution in [-0.4, -0.2) is 15.2 Å². The number of aromatic nitrogens is 3. The molecule has 0 fully saturated rings. The van der Waals surface area contributed by atoms with Gasteiger partial charge in [-0.1, -0.05) is 0 Å². The molecule has 0 atom stereocenters. The summed E-state index contributed by atoms with van der Waals surface area (Å²) in [6.07, 6.45) is 3.19. The zero-order chi connectivity index (χ0) is 9.26. The van der Waals surface area contributed by atoms with Gasteiger partial charge in [0.05, 0.1) is 6.20 Å². The van der Waals surface area contributed by atoms with Gasteiger partial charge in [0.2, 0.25) is 5.95 Å². The number of aromatic amines is 1. The molecule has 4 heteroatoms. The number of halogens is 1. The van der Waals surface area contributed by atoms with Crippen LogP contribution in [0, 0.1) is 12.9 Å². The monoisotopic (exact) mass is 177 g/mol. The summed E-state index contributed by atoms with van der Waals surface area (Å²) >= 11 is 0. The SMILES string of the molecule is Cc1[nH]ncc1-c1ccc(F)nc1. The zero-order valence-electron chi connectivity index (χ0n) is 7.08. The molecule has 2 heterocycles. The van der Waals surface area contributed by atoms with Gasteiger partial charge in [0.1, 0.15) is 0 Å². The summed E-state index contributed by atoms with van der Waals surface area (Å²) in [4.78, 5) is 3.57. The van der Waals surface area contributed by atoms with E-state index in [-0.39, 0.29) is 0 Å². The summed E-state index contributed by atoms with van der Waals surface area (Å²) in [5.74, 6) is -0.468. The van der Waals surface area contributed by atoms with Crippen LogP contribution in [0.15, 0.2) is 24.5 Å². The van der Waals surface area contributed by atoms with Gasteiger partial charge in [-0.2, -0.15) is 9.49 Å². The highest BCUT2D eigenvalue weighted by atomic mass is 19.1. The molecule has 0 aliphatic heterocycles. The van der Waals surface area contributed by atoms with Gasteiger partial charge >= 0.3 is 0 Å². The van der Waals surface area contributed by atoms with E-state index in [4.69, 9.17) is 0 Å². The number of aryl methyl sites for hydroxylation is 1. The van der Waals surface area contributed by atoms with Crippen molar-refractivity contribution < 1.29 is 4.39 Å². The first kappa shape index (κ1) is 7.91. The topological polar surface area (TPSA) is 41.6 Å². The lowest BCUT2D eigenvalue weighted by Crippen LogP contribution is -1.83. The number of hydrogen-bond donors (Lipinski definition) is 1. The minimum atomic E-state index is -0.468. The Morgan fingerprint density at radius 2 is 2.15 bits per heavy atom. The molecule has 1 N–H and O–H groups in total. The number of hydrogen-bond acceptors (Lipinski definition) is 2. The summed E-state index contributed by atoms with van der Waals surface area (Å²) in [5, 5.41) is 6.68. The van der Waals surface area contributed by atoms with Gasteiger partial charge in [0.25, 0.3) is 0 Å². The van der Waals surface area contributed by atoms with Crippen molar-refractivity contribution in [2.45, 2.75) is 6.92 Å². The Bertz CT molecular complexity index is 405.